The second kappa shape index (κ2) is 8.43. The number of pyridine rings is 4. The largest absolute Gasteiger partial charge is 0.294 e. The Kier molecular flexibility index (Phi) is 5.31. The molecule has 0 N–H and O–H groups in total. The Bertz CT molecular complexity index is 1470. The number of aromatic nitrogens is 4. The van der Waals surface area contributed by atoms with Gasteiger partial charge < -0.3 is 0 Å². The maximum absolute atomic E-state index is 4.83. The molecule has 0 aliphatic carbocycles. The number of fused-ring (bicyclic) bond motifs is 1. The van der Waals surface area contributed by atoms with Crippen LogP contribution in [0.2, 0.25) is 0 Å². The van der Waals surface area contributed by atoms with Gasteiger partial charge in [-0.25, -0.2) is 4.98 Å². The van der Waals surface area contributed by atoms with E-state index in [4.69, 9.17) is 4.98 Å². The van der Waals surface area contributed by atoms with Crippen molar-refractivity contribution in [1.29, 1.82) is 0 Å². The Morgan fingerprint density at radius 3 is 2.18 bits per heavy atom. The van der Waals surface area contributed by atoms with Crippen molar-refractivity contribution in [3.05, 3.63) is 102 Å². The number of aryl methyl sites for hydroxylation is 4. The molecule has 5 nitrogen and oxygen atoms in total. The summed E-state index contributed by atoms with van der Waals surface area (Å²) in [4.78, 5) is 20.2. The normalized spacial score (nSPS) is 11.0. The van der Waals surface area contributed by atoms with E-state index in [1.54, 1.807) is 0 Å². The average Bonchev–Trinajstić information content (AvgIpc) is 2.81. The highest BCUT2D eigenvalue weighted by Crippen LogP contribution is 2.41. The van der Waals surface area contributed by atoms with Crippen molar-refractivity contribution in [2.75, 3.05) is 4.90 Å². The number of hydrogen-bond donors (Lipinski definition) is 0. The molecule has 0 bridgehead atoms. The summed E-state index contributed by atoms with van der Waals surface area (Å²) in [6, 6.07) is 16.8. The third kappa shape index (κ3) is 3.94. The molecule has 0 aliphatic heterocycles. The van der Waals surface area contributed by atoms with E-state index in [2.05, 4.69) is 64.0 Å². The summed E-state index contributed by atoms with van der Waals surface area (Å²) in [5.41, 5.74) is 8.74. The second-order valence-corrected chi connectivity index (χ2v) is 8.36. The van der Waals surface area contributed by atoms with Crippen molar-refractivity contribution >= 4 is 28.0 Å². The van der Waals surface area contributed by atoms with Crippen molar-refractivity contribution in [1.82, 2.24) is 19.9 Å². The summed E-state index contributed by atoms with van der Waals surface area (Å²) in [5, 5.41) is 2.09. The molecular formula is C28H25N5. The molecule has 0 spiro atoms. The van der Waals surface area contributed by atoms with E-state index in [0.717, 1.165) is 44.9 Å². The minimum Gasteiger partial charge on any atom is -0.294 e. The predicted molar refractivity (Wildman–Crippen MR) is 134 cm³/mol. The molecule has 0 amide bonds. The highest BCUT2D eigenvalue weighted by Gasteiger charge is 2.20. The number of rotatable bonds is 4. The third-order valence-corrected chi connectivity index (χ3v) is 5.89. The first-order chi connectivity index (χ1) is 16.0. The van der Waals surface area contributed by atoms with E-state index < -0.39 is 0 Å². The van der Waals surface area contributed by atoms with E-state index in [1.807, 2.05) is 63.0 Å². The fourth-order valence-corrected chi connectivity index (χ4v) is 4.32. The van der Waals surface area contributed by atoms with Crippen molar-refractivity contribution < 1.29 is 0 Å². The van der Waals surface area contributed by atoms with Crippen LogP contribution >= 0.6 is 0 Å². The lowest BCUT2D eigenvalue weighted by Crippen LogP contribution is -2.14. The zero-order chi connectivity index (χ0) is 22.9. The summed E-state index contributed by atoms with van der Waals surface area (Å²) in [6.07, 6.45) is 9.27. The van der Waals surface area contributed by atoms with Gasteiger partial charge in [0, 0.05) is 47.8 Å². The highest BCUT2D eigenvalue weighted by atomic mass is 15.2. The van der Waals surface area contributed by atoms with Gasteiger partial charge in [0.15, 0.2) is 0 Å². The molecular weight excluding hydrogens is 406 g/mol. The van der Waals surface area contributed by atoms with Gasteiger partial charge in [0.2, 0.25) is 0 Å². The van der Waals surface area contributed by atoms with Crippen LogP contribution in [0.15, 0.2) is 79.5 Å². The molecule has 4 aromatic heterocycles. The molecule has 5 aromatic rings. The van der Waals surface area contributed by atoms with Crippen molar-refractivity contribution in [2.45, 2.75) is 27.7 Å². The van der Waals surface area contributed by atoms with Crippen LogP contribution in [0.4, 0.5) is 17.2 Å². The number of anilines is 3. The Hall–Kier alpha value is -4.12. The SMILES string of the molecule is Cc1cc(-c2cc(N(c3ccnc(C)c3)c3nccc4ccncc34)c(C)cc2C)ccn1. The van der Waals surface area contributed by atoms with Crippen LogP contribution < -0.4 is 4.90 Å². The molecule has 0 saturated carbocycles. The molecule has 0 saturated heterocycles. The van der Waals surface area contributed by atoms with Crippen molar-refractivity contribution in [3.8, 4) is 11.1 Å². The van der Waals surface area contributed by atoms with Gasteiger partial charge in [-0.3, -0.25) is 19.9 Å². The molecule has 162 valence electrons. The molecule has 1 aromatic carbocycles. The summed E-state index contributed by atoms with van der Waals surface area (Å²) in [6.45, 7) is 8.33. The smallest absolute Gasteiger partial charge is 0.147 e. The maximum atomic E-state index is 4.83. The fourth-order valence-electron chi connectivity index (χ4n) is 4.32. The van der Waals surface area contributed by atoms with Crippen molar-refractivity contribution in [3.63, 3.8) is 0 Å². The minimum atomic E-state index is 0.843. The summed E-state index contributed by atoms with van der Waals surface area (Å²) in [5.74, 6) is 0.843. The Balaban J connectivity index is 1.80. The Morgan fingerprint density at radius 1 is 0.667 bits per heavy atom. The van der Waals surface area contributed by atoms with Gasteiger partial charge in [-0.1, -0.05) is 6.07 Å². The van der Waals surface area contributed by atoms with E-state index in [1.165, 1.54) is 16.7 Å². The van der Waals surface area contributed by atoms with Crippen LogP contribution in [0.1, 0.15) is 22.5 Å². The van der Waals surface area contributed by atoms with Gasteiger partial charge in [-0.05, 0) is 97.8 Å². The van der Waals surface area contributed by atoms with Gasteiger partial charge in [0.1, 0.15) is 5.82 Å². The molecule has 0 atom stereocenters. The standard InChI is InChI=1S/C28H25N5/c1-18-13-19(2)27(16-25(18)23-7-10-30-20(3)14-23)33(24-8-12-31-21(4)15-24)28-26-17-29-9-5-22(26)6-11-32-28/h5-17H,1-4H3. The first kappa shape index (κ1) is 20.8. The molecule has 4 heterocycles. The quantitative estimate of drug-likeness (QED) is 0.313. The molecule has 0 unspecified atom stereocenters. The topological polar surface area (TPSA) is 54.8 Å². The Labute approximate surface area is 193 Å². The van der Waals surface area contributed by atoms with Gasteiger partial charge in [0.05, 0.1) is 11.4 Å². The lowest BCUT2D eigenvalue weighted by atomic mass is 9.96. The average molecular weight is 432 g/mol. The van der Waals surface area contributed by atoms with Crippen LogP contribution in [0, 0.1) is 27.7 Å². The summed E-state index contributed by atoms with van der Waals surface area (Å²) < 4.78 is 0. The molecule has 5 heteroatoms. The van der Waals surface area contributed by atoms with Gasteiger partial charge in [-0.15, -0.1) is 0 Å². The molecule has 0 aliphatic rings. The van der Waals surface area contributed by atoms with Crippen molar-refractivity contribution in [2.24, 2.45) is 0 Å². The summed E-state index contributed by atoms with van der Waals surface area (Å²) >= 11 is 0. The minimum absolute atomic E-state index is 0.843. The monoisotopic (exact) mass is 431 g/mol. The zero-order valence-electron chi connectivity index (χ0n) is 19.2. The number of nitrogens with zero attached hydrogens (tertiary/aromatic N) is 5. The van der Waals surface area contributed by atoms with Gasteiger partial charge in [-0.2, -0.15) is 0 Å². The van der Waals surface area contributed by atoms with E-state index in [9.17, 15) is 0 Å². The van der Waals surface area contributed by atoms with E-state index in [-0.39, 0.29) is 0 Å². The summed E-state index contributed by atoms with van der Waals surface area (Å²) in [7, 11) is 0. The lowest BCUT2D eigenvalue weighted by molar-refractivity contribution is 1.14. The van der Waals surface area contributed by atoms with Gasteiger partial charge in [0.25, 0.3) is 0 Å². The first-order valence-corrected chi connectivity index (χ1v) is 11.0. The van der Waals surface area contributed by atoms with Crippen LogP contribution in [0.25, 0.3) is 21.9 Å². The second-order valence-electron chi connectivity index (χ2n) is 8.36. The van der Waals surface area contributed by atoms with Gasteiger partial charge >= 0.3 is 0 Å². The molecule has 0 fully saturated rings. The maximum Gasteiger partial charge on any atom is 0.147 e. The first-order valence-electron chi connectivity index (χ1n) is 11.0. The number of hydrogen-bond acceptors (Lipinski definition) is 5. The molecule has 33 heavy (non-hydrogen) atoms. The van der Waals surface area contributed by atoms with Crippen LogP contribution in [-0.4, -0.2) is 19.9 Å². The zero-order valence-corrected chi connectivity index (χ0v) is 19.2. The van der Waals surface area contributed by atoms with Crippen LogP contribution in [0.5, 0.6) is 0 Å². The predicted octanol–water partition coefficient (Wildman–Crippen LogP) is 6.79. The van der Waals surface area contributed by atoms with E-state index in [0.29, 0.717) is 0 Å². The molecule has 5 rings (SSSR count). The molecule has 0 radical (unpaired) electrons. The number of benzene rings is 1. The lowest BCUT2D eigenvalue weighted by Gasteiger charge is -2.28. The van der Waals surface area contributed by atoms with Crippen LogP contribution in [0.3, 0.4) is 0 Å². The van der Waals surface area contributed by atoms with E-state index >= 15 is 0 Å². The highest BCUT2D eigenvalue weighted by molar-refractivity contribution is 5.97. The van der Waals surface area contributed by atoms with Crippen LogP contribution in [-0.2, 0) is 0 Å². The Morgan fingerprint density at radius 2 is 1.39 bits per heavy atom. The third-order valence-electron chi connectivity index (χ3n) is 5.89. The fraction of sp³-hybridized carbons (Fsp3) is 0.143.